The zero-order valence-corrected chi connectivity index (χ0v) is 16.8. The third-order valence-electron chi connectivity index (χ3n) is 5.15. The Morgan fingerprint density at radius 2 is 1.57 bits per heavy atom. The summed E-state index contributed by atoms with van der Waals surface area (Å²) in [5.74, 6) is 2.33. The van der Waals surface area contributed by atoms with Crippen LogP contribution in [0, 0.1) is 0 Å². The van der Waals surface area contributed by atoms with Gasteiger partial charge in [0.15, 0.2) is 18.1 Å². The lowest BCUT2D eigenvalue weighted by Gasteiger charge is -2.37. The van der Waals surface area contributed by atoms with Gasteiger partial charge in [0.05, 0.1) is 7.11 Å². The van der Waals surface area contributed by atoms with E-state index in [1.807, 2.05) is 18.2 Å². The van der Waals surface area contributed by atoms with Gasteiger partial charge in [-0.15, -0.1) is 0 Å². The smallest absolute Gasteiger partial charge is 0.267 e. The van der Waals surface area contributed by atoms with Crippen LogP contribution in [0.25, 0.3) is 0 Å². The van der Waals surface area contributed by atoms with Crippen LogP contribution in [0.15, 0.2) is 48.5 Å². The van der Waals surface area contributed by atoms with Crippen molar-refractivity contribution >= 4 is 11.8 Å². The molecule has 0 aromatic heterocycles. The Morgan fingerprint density at radius 3 is 2.27 bits per heavy atom. The van der Waals surface area contributed by atoms with Gasteiger partial charge in [0.25, 0.3) is 11.8 Å². The highest BCUT2D eigenvalue weighted by molar-refractivity contribution is 5.83. The lowest BCUT2D eigenvalue weighted by atomic mass is 10.2. The molecule has 0 N–H and O–H groups in total. The van der Waals surface area contributed by atoms with Crippen LogP contribution in [0.2, 0.25) is 0 Å². The van der Waals surface area contributed by atoms with E-state index in [1.54, 1.807) is 47.2 Å². The highest BCUT2D eigenvalue weighted by Crippen LogP contribution is 2.31. The summed E-state index contributed by atoms with van der Waals surface area (Å²) in [6.45, 7) is 1.96. The predicted octanol–water partition coefficient (Wildman–Crippen LogP) is 1.58. The number of amides is 2. The molecule has 0 aliphatic carbocycles. The van der Waals surface area contributed by atoms with Crippen LogP contribution in [0.5, 0.6) is 23.0 Å². The fourth-order valence-electron chi connectivity index (χ4n) is 3.43. The van der Waals surface area contributed by atoms with Crippen LogP contribution < -0.4 is 18.9 Å². The lowest BCUT2D eigenvalue weighted by Crippen LogP contribution is -2.55. The summed E-state index contributed by atoms with van der Waals surface area (Å²) in [5.41, 5.74) is 0. The summed E-state index contributed by atoms with van der Waals surface area (Å²) < 4.78 is 22.1. The molecule has 4 rings (SSSR count). The molecule has 0 saturated carbocycles. The maximum atomic E-state index is 12.8. The van der Waals surface area contributed by atoms with Gasteiger partial charge >= 0.3 is 0 Å². The number of nitrogens with zero attached hydrogens (tertiary/aromatic N) is 2. The van der Waals surface area contributed by atoms with Gasteiger partial charge in [-0.1, -0.05) is 12.1 Å². The molecule has 1 atom stereocenters. The summed E-state index contributed by atoms with van der Waals surface area (Å²) in [6, 6.07) is 14.4. The Balaban J connectivity index is 1.24. The van der Waals surface area contributed by atoms with Crippen LogP contribution in [0.1, 0.15) is 0 Å². The number of methoxy groups -OCH3 is 1. The summed E-state index contributed by atoms with van der Waals surface area (Å²) in [5, 5.41) is 0. The molecule has 0 spiro atoms. The normalized spacial score (nSPS) is 18.0. The molecule has 0 bridgehead atoms. The van der Waals surface area contributed by atoms with Gasteiger partial charge in [-0.3, -0.25) is 9.59 Å². The minimum atomic E-state index is -0.666. The fourth-order valence-corrected chi connectivity index (χ4v) is 3.43. The molecule has 1 saturated heterocycles. The van der Waals surface area contributed by atoms with Crippen molar-refractivity contribution in [3.05, 3.63) is 48.5 Å². The average Bonchev–Trinajstić information content (AvgIpc) is 2.82. The van der Waals surface area contributed by atoms with E-state index < -0.39 is 6.10 Å². The SMILES string of the molecule is COc1ccc(OCC(=O)N2CCN(C(=O)C3COc4ccccc4O3)CC2)cc1. The first-order valence-corrected chi connectivity index (χ1v) is 9.86. The minimum absolute atomic E-state index is 0.0450. The number of hydrogen-bond acceptors (Lipinski definition) is 6. The quantitative estimate of drug-likeness (QED) is 0.742. The van der Waals surface area contributed by atoms with Crippen molar-refractivity contribution < 1.29 is 28.5 Å². The highest BCUT2D eigenvalue weighted by atomic mass is 16.6. The van der Waals surface area contributed by atoms with E-state index in [-0.39, 0.29) is 25.0 Å². The molecule has 2 aromatic rings. The Bertz CT molecular complexity index is 893. The number of carbonyl (C=O) groups excluding carboxylic acids is 2. The van der Waals surface area contributed by atoms with Crippen molar-refractivity contribution in [3.8, 4) is 23.0 Å². The molecule has 2 aliphatic rings. The molecule has 1 fully saturated rings. The molecule has 2 aromatic carbocycles. The number of carbonyl (C=O) groups is 2. The number of ether oxygens (including phenoxy) is 4. The lowest BCUT2D eigenvalue weighted by molar-refractivity contribution is -0.146. The third kappa shape index (κ3) is 4.42. The monoisotopic (exact) mass is 412 g/mol. The van der Waals surface area contributed by atoms with Crippen LogP contribution in [-0.4, -0.2) is 74.2 Å². The van der Waals surface area contributed by atoms with Crippen molar-refractivity contribution in [1.29, 1.82) is 0 Å². The first-order chi connectivity index (χ1) is 14.6. The van der Waals surface area contributed by atoms with E-state index in [2.05, 4.69) is 0 Å². The summed E-state index contributed by atoms with van der Waals surface area (Å²) in [4.78, 5) is 28.7. The molecule has 2 heterocycles. The second-order valence-electron chi connectivity index (χ2n) is 7.03. The standard InChI is InChI=1S/C22H24N2O6/c1-27-16-6-8-17(9-7-16)28-15-21(25)23-10-12-24(13-11-23)22(26)20-14-29-18-4-2-3-5-19(18)30-20/h2-9,20H,10-15H2,1H3. The van der Waals surface area contributed by atoms with Gasteiger partial charge in [-0.25, -0.2) is 0 Å². The van der Waals surface area contributed by atoms with E-state index >= 15 is 0 Å². The molecule has 30 heavy (non-hydrogen) atoms. The van der Waals surface area contributed by atoms with Gasteiger partial charge in [-0.05, 0) is 36.4 Å². The largest absolute Gasteiger partial charge is 0.497 e. The summed E-state index contributed by atoms with van der Waals surface area (Å²) in [6.07, 6.45) is -0.666. The van der Waals surface area contributed by atoms with Gasteiger partial charge in [0.2, 0.25) is 6.10 Å². The summed E-state index contributed by atoms with van der Waals surface area (Å²) in [7, 11) is 1.59. The Labute approximate surface area is 174 Å². The van der Waals surface area contributed by atoms with E-state index in [0.717, 1.165) is 5.75 Å². The molecule has 1 unspecified atom stereocenters. The molecule has 8 heteroatoms. The van der Waals surface area contributed by atoms with Crippen molar-refractivity contribution in [2.75, 3.05) is 46.5 Å². The minimum Gasteiger partial charge on any atom is -0.497 e. The Morgan fingerprint density at radius 1 is 0.933 bits per heavy atom. The van der Waals surface area contributed by atoms with Gasteiger partial charge in [0, 0.05) is 26.2 Å². The maximum Gasteiger partial charge on any atom is 0.267 e. The number of fused-ring (bicyclic) bond motifs is 1. The second-order valence-corrected chi connectivity index (χ2v) is 7.03. The van der Waals surface area contributed by atoms with Gasteiger partial charge in [0.1, 0.15) is 18.1 Å². The van der Waals surface area contributed by atoms with E-state index in [4.69, 9.17) is 18.9 Å². The molecular formula is C22H24N2O6. The van der Waals surface area contributed by atoms with E-state index in [9.17, 15) is 9.59 Å². The number of piperazine rings is 1. The third-order valence-corrected chi connectivity index (χ3v) is 5.15. The number of benzene rings is 2. The highest BCUT2D eigenvalue weighted by Gasteiger charge is 2.33. The molecule has 2 amide bonds. The average molecular weight is 412 g/mol. The first kappa shape index (κ1) is 19.9. The van der Waals surface area contributed by atoms with Gasteiger partial charge < -0.3 is 28.7 Å². The molecule has 8 nitrogen and oxygen atoms in total. The molecular weight excluding hydrogens is 388 g/mol. The maximum absolute atomic E-state index is 12.8. The Hall–Kier alpha value is -3.42. The van der Waals surface area contributed by atoms with Crippen molar-refractivity contribution in [1.82, 2.24) is 9.80 Å². The van der Waals surface area contributed by atoms with Crippen molar-refractivity contribution in [3.63, 3.8) is 0 Å². The molecule has 158 valence electrons. The second kappa shape index (κ2) is 8.94. The number of rotatable bonds is 5. The van der Waals surface area contributed by atoms with Crippen molar-refractivity contribution in [2.24, 2.45) is 0 Å². The summed E-state index contributed by atoms with van der Waals surface area (Å²) >= 11 is 0. The number of para-hydroxylation sites is 2. The number of hydrogen-bond donors (Lipinski definition) is 0. The topological polar surface area (TPSA) is 77.5 Å². The van der Waals surface area contributed by atoms with Crippen LogP contribution in [0.4, 0.5) is 0 Å². The van der Waals surface area contributed by atoms with Crippen molar-refractivity contribution in [2.45, 2.75) is 6.10 Å². The molecule has 0 radical (unpaired) electrons. The zero-order chi connectivity index (χ0) is 20.9. The fraction of sp³-hybridized carbons (Fsp3) is 0.364. The van der Waals surface area contributed by atoms with Gasteiger partial charge in [-0.2, -0.15) is 0 Å². The van der Waals surface area contributed by atoms with Crippen LogP contribution in [0.3, 0.4) is 0 Å². The predicted molar refractivity (Wildman–Crippen MR) is 108 cm³/mol. The Kier molecular flexibility index (Phi) is 5.92. The van der Waals surface area contributed by atoms with Crippen LogP contribution >= 0.6 is 0 Å². The molecule has 2 aliphatic heterocycles. The first-order valence-electron chi connectivity index (χ1n) is 9.86. The van der Waals surface area contributed by atoms with E-state index in [0.29, 0.717) is 43.4 Å². The van der Waals surface area contributed by atoms with E-state index in [1.165, 1.54) is 0 Å². The van der Waals surface area contributed by atoms with Crippen LogP contribution in [-0.2, 0) is 9.59 Å². The zero-order valence-electron chi connectivity index (χ0n) is 16.8.